The largest absolute Gasteiger partial charge is 0.370 e. The number of nitrogens with zero attached hydrogens (tertiary/aromatic N) is 2. The molecule has 3 rings (SSSR count). The molecule has 0 unspecified atom stereocenters. The lowest BCUT2D eigenvalue weighted by Gasteiger charge is -2.34. The highest BCUT2D eigenvalue weighted by atomic mass is 16.5. The molecule has 130 valence electrons. The first-order valence-electron chi connectivity index (χ1n) is 8.96. The normalized spacial score (nSPS) is 31.6. The average molecular weight is 323 g/mol. The summed E-state index contributed by atoms with van der Waals surface area (Å²) in [5.41, 5.74) is 0. The van der Waals surface area contributed by atoms with Gasteiger partial charge in [0.2, 0.25) is 5.91 Å². The second-order valence-electron chi connectivity index (χ2n) is 7.41. The van der Waals surface area contributed by atoms with Crippen molar-refractivity contribution in [3.05, 3.63) is 0 Å². The van der Waals surface area contributed by atoms with Crippen LogP contribution in [0.1, 0.15) is 44.9 Å². The summed E-state index contributed by atoms with van der Waals surface area (Å²) >= 11 is 0. The summed E-state index contributed by atoms with van der Waals surface area (Å²) < 4.78 is 5.90. The Morgan fingerprint density at radius 2 is 1.78 bits per heavy atom. The van der Waals surface area contributed by atoms with Gasteiger partial charge in [0.15, 0.2) is 0 Å². The van der Waals surface area contributed by atoms with E-state index in [2.05, 4.69) is 5.32 Å². The molecule has 6 nitrogen and oxygen atoms in total. The van der Waals surface area contributed by atoms with Crippen LogP contribution in [0.4, 0.5) is 4.79 Å². The summed E-state index contributed by atoms with van der Waals surface area (Å²) in [5, 5.41) is 3.20. The Kier molecular flexibility index (Phi) is 5.09. The molecule has 3 atom stereocenters. The molecule has 0 aromatic carbocycles. The lowest BCUT2D eigenvalue weighted by molar-refractivity contribution is -0.135. The van der Waals surface area contributed by atoms with Crippen LogP contribution in [-0.4, -0.2) is 67.2 Å². The lowest BCUT2D eigenvalue weighted by Crippen LogP contribution is -2.53. The van der Waals surface area contributed by atoms with Gasteiger partial charge in [0.25, 0.3) is 0 Å². The minimum absolute atomic E-state index is 0.00235. The Hall–Kier alpha value is -1.30. The van der Waals surface area contributed by atoms with Gasteiger partial charge >= 0.3 is 6.03 Å². The van der Waals surface area contributed by atoms with Crippen LogP contribution in [0.3, 0.4) is 0 Å². The molecular weight excluding hydrogens is 294 g/mol. The first kappa shape index (κ1) is 16.6. The number of morpholine rings is 1. The molecule has 0 spiro atoms. The fraction of sp³-hybridized carbons (Fsp3) is 0.882. The minimum atomic E-state index is -0.150. The Morgan fingerprint density at radius 1 is 1.09 bits per heavy atom. The van der Waals surface area contributed by atoms with Crippen LogP contribution in [0.25, 0.3) is 0 Å². The van der Waals surface area contributed by atoms with Gasteiger partial charge in [-0.15, -0.1) is 0 Å². The molecule has 2 aliphatic heterocycles. The second kappa shape index (κ2) is 7.07. The van der Waals surface area contributed by atoms with E-state index in [0.717, 1.165) is 19.3 Å². The Bertz CT molecular complexity index is 446. The molecule has 3 aliphatic rings. The van der Waals surface area contributed by atoms with Crippen LogP contribution in [0.5, 0.6) is 0 Å². The SMILES string of the molecule is CN(C)C(=O)[C@H]1C[C@H]2CN(C(=O)NC3CCCCCC3)C[C@H]1O2. The number of rotatable bonds is 2. The van der Waals surface area contributed by atoms with E-state index >= 15 is 0 Å². The van der Waals surface area contributed by atoms with Crippen molar-refractivity contribution in [2.24, 2.45) is 5.92 Å². The molecule has 2 heterocycles. The van der Waals surface area contributed by atoms with Crippen LogP contribution in [-0.2, 0) is 9.53 Å². The van der Waals surface area contributed by atoms with Crippen molar-refractivity contribution in [1.29, 1.82) is 0 Å². The maximum absolute atomic E-state index is 12.6. The highest BCUT2D eigenvalue weighted by molar-refractivity contribution is 5.80. The number of urea groups is 1. The Morgan fingerprint density at radius 3 is 2.43 bits per heavy atom. The van der Waals surface area contributed by atoms with E-state index < -0.39 is 0 Å². The number of fused-ring (bicyclic) bond motifs is 2. The zero-order valence-corrected chi connectivity index (χ0v) is 14.3. The molecule has 0 aromatic heterocycles. The van der Waals surface area contributed by atoms with E-state index in [4.69, 9.17) is 4.74 Å². The molecule has 3 fully saturated rings. The second-order valence-corrected chi connectivity index (χ2v) is 7.41. The lowest BCUT2D eigenvalue weighted by atomic mass is 9.99. The van der Waals surface area contributed by atoms with Crippen LogP contribution >= 0.6 is 0 Å². The molecule has 0 aromatic rings. The Balaban J connectivity index is 1.56. The number of hydrogen-bond acceptors (Lipinski definition) is 3. The van der Waals surface area contributed by atoms with E-state index in [0.29, 0.717) is 19.1 Å². The van der Waals surface area contributed by atoms with Gasteiger partial charge in [-0.3, -0.25) is 4.79 Å². The van der Waals surface area contributed by atoms with Gasteiger partial charge in [-0.1, -0.05) is 25.7 Å². The average Bonchev–Trinajstić information content (AvgIpc) is 2.70. The van der Waals surface area contributed by atoms with Crippen LogP contribution in [0.15, 0.2) is 0 Å². The van der Waals surface area contributed by atoms with Crippen molar-refractivity contribution in [3.63, 3.8) is 0 Å². The quantitative estimate of drug-likeness (QED) is 0.785. The van der Waals surface area contributed by atoms with E-state index in [9.17, 15) is 9.59 Å². The van der Waals surface area contributed by atoms with E-state index in [1.165, 1.54) is 25.7 Å². The highest BCUT2D eigenvalue weighted by Gasteiger charge is 2.46. The molecule has 6 heteroatoms. The molecule has 23 heavy (non-hydrogen) atoms. The first-order chi connectivity index (χ1) is 11.0. The first-order valence-corrected chi connectivity index (χ1v) is 8.96. The number of carbonyl (C=O) groups excluding carboxylic acids is 2. The molecule has 1 saturated carbocycles. The van der Waals surface area contributed by atoms with Gasteiger partial charge in [-0.05, 0) is 19.3 Å². The van der Waals surface area contributed by atoms with Crippen molar-refractivity contribution in [2.75, 3.05) is 27.2 Å². The number of hydrogen-bond donors (Lipinski definition) is 1. The van der Waals surface area contributed by atoms with E-state index in [1.54, 1.807) is 19.0 Å². The van der Waals surface area contributed by atoms with E-state index in [1.807, 2.05) is 4.90 Å². The minimum Gasteiger partial charge on any atom is -0.370 e. The number of ether oxygens (including phenoxy) is 1. The summed E-state index contributed by atoms with van der Waals surface area (Å²) in [7, 11) is 3.56. The van der Waals surface area contributed by atoms with Crippen molar-refractivity contribution >= 4 is 11.9 Å². The van der Waals surface area contributed by atoms with Crippen molar-refractivity contribution in [3.8, 4) is 0 Å². The monoisotopic (exact) mass is 323 g/mol. The number of likely N-dealkylation sites (tertiary alicyclic amines) is 1. The summed E-state index contributed by atoms with van der Waals surface area (Å²) in [6.45, 7) is 1.13. The molecule has 2 saturated heterocycles. The summed E-state index contributed by atoms with van der Waals surface area (Å²) in [6.07, 6.45) is 7.73. The molecule has 1 N–H and O–H groups in total. The molecular formula is C17H29N3O3. The predicted molar refractivity (Wildman–Crippen MR) is 87.1 cm³/mol. The van der Waals surface area contributed by atoms with Gasteiger partial charge < -0.3 is 19.9 Å². The molecule has 0 radical (unpaired) electrons. The predicted octanol–water partition coefficient (Wildman–Crippen LogP) is 1.60. The standard InChI is InChI=1S/C17H29N3O3/c1-19(2)16(21)14-9-13-10-20(11-15(14)23-13)17(22)18-12-7-5-3-4-6-8-12/h12-15H,3-11H2,1-2H3,(H,18,22)/t13-,14-,15+/m0/s1. The summed E-state index contributed by atoms with van der Waals surface area (Å²) in [5.74, 6) is 0.00852. The topological polar surface area (TPSA) is 61.9 Å². The van der Waals surface area contributed by atoms with Gasteiger partial charge in [0.05, 0.1) is 18.1 Å². The van der Waals surface area contributed by atoms with Crippen LogP contribution < -0.4 is 5.32 Å². The third-order valence-corrected chi connectivity index (χ3v) is 5.39. The van der Waals surface area contributed by atoms with Gasteiger partial charge in [-0.25, -0.2) is 4.79 Å². The van der Waals surface area contributed by atoms with Gasteiger partial charge in [0, 0.05) is 33.2 Å². The van der Waals surface area contributed by atoms with E-state index in [-0.39, 0.29) is 30.1 Å². The van der Waals surface area contributed by atoms with Gasteiger partial charge in [0.1, 0.15) is 0 Å². The number of carbonyl (C=O) groups is 2. The highest BCUT2D eigenvalue weighted by Crippen LogP contribution is 2.33. The summed E-state index contributed by atoms with van der Waals surface area (Å²) in [6, 6.07) is 0.331. The van der Waals surface area contributed by atoms with Crippen molar-refractivity contribution in [2.45, 2.75) is 63.2 Å². The maximum atomic E-state index is 12.6. The third kappa shape index (κ3) is 3.79. The van der Waals surface area contributed by atoms with Crippen LogP contribution in [0, 0.1) is 5.92 Å². The van der Waals surface area contributed by atoms with Gasteiger partial charge in [-0.2, -0.15) is 0 Å². The Labute approximate surface area is 138 Å². The fourth-order valence-electron chi connectivity index (χ4n) is 4.10. The smallest absolute Gasteiger partial charge is 0.317 e. The van der Waals surface area contributed by atoms with Crippen LogP contribution in [0.2, 0.25) is 0 Å². The van der Waals surface area contributed by atoms with Crippen molar-refractivity contribution < 1.29 is 14.3 Å². The fourth-order valence-corrected chi connectivity index (χ4v) is 4.10. The number of nitrogens with one attached hydrogen (secondary N) is 1. The molecule has 2 bridgehead atoms. The molecule has 3 amide bonds. The maximum Gasteiger partial charge on any atom is 0.317 e. The van der Waals surface area contributed by atoms with Crippen molar-refractivity contribution in [1.82, 2.24) is 15.1 Å². The molecule has 1 aliphatic carbocycles. The number of amides is 3. The summed E-state index contributed by atoms with van der Waals surface area (Å²) in [4.78, 5) is 28.3. The third-order valence-electron chi connectivity index (χ3n) is 5.39. The zero-order valence-electron chi connectivity index (χ0n) is 14.3. The zero-order chi connectivity index (χ0) is 16.4.